The highest BCUT2D eigenvalue weighted by Crippen LogP contribution is 2.28. The van der Waals surface area contributed by atoms with Crippen LogP contribution in [0.1, 0.15) is 27.0 Å². The molecule has 0 amide bonds. The lowest BCUT2D eigenvalue weighted by atomic mass is 10.1. The van der Waals surface area contributed by atoms with Crippen LogP contribution in [0.2, 0.25) is 0 Å². The Balaban J connectivity index is 1.83. The molecule has 1 heterocycles. The average Bonchev–Trinajstić information content (AvgIpc) is 2.76. The second kappa shape index (κ2) is 9.45. The van der Waals surface area contributed by atoms with Gasteiger partial charge in [-0.2, -0.15) is 13.2 Å². The summed E-state index contributed by atoms with van der Waals surface area (Å²) in [5, 5.41) is 0. The highest BCUT2D eigenvalue weighted by molar-refractivity contribution is 6.00. The summed E-state index contributed by atoms with van der Waals surface area (Å²) in [5.74, 6) is -0.765. The molecule has 0 fully saturated rings. The molecule has 0 aliphatic heterocycles. The number of benzene rings is 2. The molecule has 3 rings (SSSR count). The standard InChI is InChI=1S/C23H23F3N4O3/c1-28(12-16-8-10-17(11-9-16)23(24,25)26)14-18(31)19-20(27)30(22(33)29(2)21(19)32)13-15-6-4-3-5-7-15/h3-11H,12-14,27H2,1-2H3/p+1. The van der Waals surface area contributed by atoms with Crippen molar-refractivity contribution >= 4 is 11.6 Å². The second-order valence-corrected chi connectivity index (χ2v) is 7.91. The molecular weight excluding hydrogens is 437 g/mol. The highest BCUT2D eigenvalue weighted by atomic mass is 19.4. The zero-order valence-corrected chi connectivity index (χ0v) is 18.1. The van der Waals surface area contributed by atoms with E-state index in [9.17, 15) is 27.6 Å². The van der Waals surface area contributed by atoms with E-state index < -0.39 is 28.8 Å². The van der Waals surface area contributed by atoms with Crippen LogP contribution in [-0.4, -0.2) is 28.5 Å². The van der Waals surface area contributed by atoms with Gasteiger partial charge in [0.1, 0.15) is 24.5 Å². The Hall–Kier alpha value is -3.66. The zero-order valence-electron chi connectivity index (χ0n) is 18.1. The van der Waals surface area contributed by atoms with Gasteiger partial charge in [0.2, 0.25) is 5.78 Å². The number of rotatable bonds is 7. The molecule has 0 saturated carbocycles. The number of anilines is 1. The van der Waals surface area contributed by atoms with E-state index >= 15 is 0 Å². The van der Waals surface area contributed by atoms with Crippen molar-refractivity contribution in [1.82, 2.24) is 9.13 Å². The highest BCUT2D eigenvalue weighted by Gasteiger charge is 2.30. The van der Waals surface area contributed by atoms with Gasteiger partial charge in [-0.1, -0.05) is 42.5 Å². The predicted molar refractivity (Wildman–Crippen MR) is 117 cm³/mol. The third-order valence-electron chi connectivity index (χ3n) is 5.30. The van der Waals surface area contributed by atoms with Crippen molar-refractivity contribution in [1.29, 1.82) is 0 Å². The smallest absolute Gasteiger partial charge is 0.384 e. The average molecular weight is 461 g/mol. The third-order valence-corrected chi connectivity index (χ3v) is 5.30. The summed E-state index contributed by atoms with van der Waals surface area (Å²) < 4.78 is 40.2. The van der Waals surface area contributed by atoms with E-state index in [0.717, 1.165) is 22.3 Å². The molecule has 2 aromatic carbocycles. The Morgan fingerprint density at radius 3 is 2.18 bits per heavy atom. The van der Waals surface area contributed by atoms with Crippen molar-refractivity contribution in [2.24, 2.45) is 7.05 Å². The maximum atomic E-state index is 13.0. The van der Waals surface area contributed by atoms with E-state index in [2.05, 4.69) is 0 Å². The van der Waals surface area contributed by atoms with Crippen LogP contribution in [0.15, 0.2) is 64.2 Å². The number of nitrogens with two attached hydrogens (primary N) is 1. The number of ketones is 1. The van der Waals surface area contributed by atoms with Crippen LogP contribution in [0.5, 0.6) is 0 Å². The number of hydrogen-bond donors (Lipinski definition) is 2. The molecule has 0 aliphatic rings. The molecule has 10 heteroatoms. The van der Waals surface area contributed by atoms with Crippen LogP contribution in [-0.2, 0) is 26.3 Å². The van der Waals surface area contributed by atoms with E-state index in [-0.39, 0.29) is 31.0 Å². The van der Waals surface area contributed by atoms with Gasteiger partial charge in [0.25, 0.3) is 5.56 Å². The van der Waals surface area contributed by atoms with E-state index in [4.69, 9.17) is 5.73 Å². The van der Waals surface area contributed by atoms with Crippen LogP contribution >= 0.6 is 0 Å². The largest absolute Gasteiger partial charge is 0.416 e. The van der Waals surface area contributed by atoms with Crippen molar-refractivity contribution in [3.8, 4) is 0 Å². The molecule has 0 saturated heterocycles. The minimum absolute atomic E-state index is 0.0914. The Bertz CT molecular complexity index is 1260. The molecule has 3 aromatic rings. The number of carbonyl (C=O) groups is 1. The maximum Gasteiger partial charge on any atom is 0.416 e. The lowest BCUT2D eigenvalue weighted by molar-refractivity contribution is -0.884. The van der Waals surface area contributed by atoms with Crippen molar-refractivity contribution < 1.29 is 22.9 Å². The summed E-state index contributed by atoms with van der Waals surface area (Å²) in [6.07, 6.45) is -4.42. The Morgan fingerprint density at radius 1 is 1.00 bits per heavy atom. The van der Waals surface area contributed by atoms with Crippen molar-refractivity contribution in [2.45, 2.75) is 19.3 Å². The first-order chi connectivity index (χ1) is 15.5. The summed E-state index contributed by atoms with van der Waals surface area (Å²) >= 11 is 0. The normalized spacial score (nSPS) is 12.5. The molecule has 3 N–H and O–H groups in total. The Morgan fingerprint density at radius 2 is 1.61 bits per heavy atom. The Kier molecular flexibility index (Phi) is 6.87. The van der Waals surface area contributed by atoms with E-state index in [0.29, 0.717) is 10.5 Å². The van der Waals surface area contributed by atoms with Crippen LogP contribution in [0, 0.1) is 0 Å². The summed E-state index contributed by atoms with van der Waals surface area (Å²) in [5.41, 5.74) is 5.02. The van der Waals surface area contributed by atoms with Gasteiger partial charge in [-0.05, 0) is 17.7 Å². The van der Waals surface area contributed by atoms with Crippen molar-refractivity contribution in [3.05, 3.63) is 97.7 Å². The van der Waals surface area contributed by atoms with Gasteiger partial charge >= 0.3 is 11.9 Å². The minimum Gasteiger partial charge on any atom is -0.384 e. The van der Waals surface area contributed by atoms with E-state index in [1.165, 1.54) is 23.7 Å². The number of carbonyl (C=O) groups excluding carboxylic acids is 1. The van der Waals surface area contributed by atoms with Gasteiger partial charge in [-0.25, -0.2) is 4.79 Å². The molecule has 0 aliphatic carbocycles. The molecule has 0 radical (unpaired) electrons. The lowest BCUT2D eigenvalue weighted by Gasteiger charge is -2.17. The van der Waals surface area contributed by atoms with Gasteiger partial charge in [0, 0.05) is 12.6 Å². The van der Waals surface area contributed by atoms with Crippen molar-refractivity contribution in [3.63, 3.8) is 0 Å². The summed E-state index contributed by atoms with van der Waals surface area (Å²) in [4.78, 5) is 38.9. The minimum atomic E-state index is -4.42. The number of alkyl halides is 3. The molecule has 1 atom stereocenters. The molecule has 0 bridgehead atoms. The van der Waals surface area contributed by atoms with Crippen LogP contribution in [0.4, 0.5) is 19.0 Å². The molecule has 33 heavy (non-hydrogen) atoms. The van der Waals surface area contributed by atoms with Crippen LogP contribution in [0.3, 0.4) is 0 Å². The van der Waals surface area contributed by atoms with E-state index in [1.54, 1.807) is 31.3 Å². The number of quaternary nitrogens is 1. The fourth-order valence-corrected chi connectivity index (χ4v) is 3.55. The van der Waals surface area contributed by atoms with Gasteiger partial charge in [-0.3, -0.25) is 18.7 Å². The quantitative estimate of drug-likeness (QED) is 0.516. The summed E-state index contributed by atoms with van der Waals surface area (Å²) in [6, 6.07) is 13.7. The monoisotopic (exact) mass is 461 g/mol. The first-order valence-corrected chi connectivity index (χ1v) is 10.1. The fourth-order valence-electron chi connectivity index (χ4n) is 3.55. The fraction of sp³-hybridized carbons (Fsp3) is 0.261. The van der Waals surface area contributed by atoms with Gasteiger partial charge in [0.05, 0.1) is 19.2 Å². The van der Waals surface area contributed by atoms with Gasteiger partial charge in [-0.15, -0.1) is 0 Å². The summed E-state index contributed by atoms with van der Waals surface area (Å²) in [7, 11) is 2.96. The molecule has 174 valence electrons. The topological polar surface area (TPSA) is 91.5 Å². The maximum absolute atomic E-state index is 13.0. The van der Waals surface area contributed by atoms with Crippen LogP contribution in [0.25, 0.3) is 0 Å². The lowest BCUT2D eigenvalue weighted by Crippen LogP contribution is -3.08. The van der Waals surface area contributed by atoms with Gasteiger partial charge in [0.15, 0.2) is 0 Å². The SMILES string of the molecule is Cn1c(=O)c(C(=O)C[NH+](C)Cc2ccc(C(F)(F)F)cc2)c(N)n(Cc2ccccc2)c1=O. The van der Waals surface area contributed by atoms with Gasteiger partial charge < -0.3 is 10.6 Å². The molecule has 0 spiro atoms. The predicted octanol–water partition coefficient (Wildman–Crippen LogP) is 1.09. The number of nitrogens with zero attached hydrogens (tertiary/aromatic N) is 2. The number of aromatic nitrogens is 2. The number of nitrogen functional groups attached to an aromatic ring is 1. The Labute approximate surface area is 187 Å². The number of Topliss-reactive ketones (excluding diaryl/α,β-unsaturated/α-hetero) is 1. The second-order valence-electron chi connectivity index (χ2n) is 7.91. The first kappa shape index (κ1) is 24.0. The first-order valence-electron chi connectivity index (χ1n) is 10.1. The number of likely N-dealkylation sites (N-methyl/N-ethyl adjacent to an activating group) is 1. The number of hydrogen-bond acceptors (Lipinski definition) is 4. The van der Waals surface area contributed by atoms with Crippen molar-refractivity contribution in [2.75, 3.05) is 19.3 Å². The molecule has 1 unspecified atom stereocenters. The molecule has 1 aromatic heterocycles. The van der Waals surface area contributed by atoms with E-state index in [1.807, 2.05) is 6.07 Å². The summed E-state index contributed by atoms with van der Waals surface area (Å²) in [6.45, 7) is 0.214. The third kappa shape index (κ3) is 5.40. The zero-order chi connectivity index (χ0) is 24.3. The molecule has 7 nitrogen and oxygen atoms in total. The number of nitrogens with one attached hydrogen (secondary N) is 1. The van der Waals surface area contributed by atoms with Crippen LogP contribution < -0.4 is 21.9 Å². The number of halogens is 3. The molecular formula is C23H24F3N4O3+.